The smallest absolute Gasteiger partial charge is 0.160 e. The lowest BCUT2D eigenvalue weighted by atomic mass is 9.97. The van der Waals surface area contributed by atoms with Crippen LogP contribution in [-0.2, 0) is 0 Å². The number of dihydropyridines is 1. The highest BCUT2D eigenvalue weighted by molar-refractivity contribution is 9.10. The monoisotopic (exact) mass is 617 g/mol. The molecule has 1 aliphatic rings. The van der Waals surface area contributed by atoms with E-state index in [1.54, 1.807) is 0 Å². The number of benzene rings is 5. The highest BCUT2D eigenvalue weighted by Gasteiger charge is 2.13. The minimum absolute atomic E-state index is 0.703. The van der Waals surface area contributed by atoms with Gasteiger partial charge < -0.3 is 5.32 Å². The van der Waals surface area contributed by atoms with Gasteiger partial charge in [-0.05, 0) is 69.9 Å². The minimum atomic E-state index is 0.703. The molecule has 5 aromatic carbocycles. The SMILES string of the molecule is Brc1cc(-c2ccc(C3=CC=CNC3)cc2)cc(-c2cc(-c3ccc(-c4ccccc4)cc3)nc(-c3ccccc3)n2)c1. The fourth-order valence-electron chi connectivity index (χ4n) is 5.36. The third kappa shape index (κ3) is 5.97. The molecule has 1 aromatic heterocycles. The lowest BCUT2D eigenvalue weighted by Gasteiger charge is -2.13. The molecule has 6 aromatic rings. The summed E-state index contributed by atoms with van der Waals surface area (Å²) < 4.78 is 1.00. The number of allylic oxidation sites excluding steroid dienone is 2. The standard InChI is InChI=1S/C39H28BrN3/c40-36-23-34(30-15-13-29(14-16-30)33-12-7-21-41-26-33)22-35(24-36)38-25-37(42-39(43-38)32-10-5-2-6-11-32)31-19-17-28(18-20-31)27-8-3-1-4-9-27/h1-25,41H,26H2. The van der Waals surface area contributed by atoms with Crippen molar-refractivity contribution in [2.24, 2.45) is 0 Å². The second kappa shape index (κ2) is 12.0. The Morgan fingerprint density at radius 2 is 1.02 bits per heavy atom. The Morgan fingerprint density at radius 1 is 0.488 bits per heavy atom. The van der Waals surface area contributed by atoms with Crippen LogP contribution in [-0.4, -0.2) is 16.5 Å². The van der Waals surface area contributed by atoms with E-state index in [4.69, 9.17) is 9.97 Å². The van der Waals surface area contributed by atoms with Crippen molar-refractivity contribution in [1.29, 1.82) is 0 Å². The maximum absolute atomic E-state index is 5.06. The fraction of sp³-hybridized carbons (Fsp3) is 0.0256. The molecular weight excluding hydrogens is 590 g/mol. The zero-order valence-corrected chi connectivity index (χ0v) is 25.0. The van der Waals surface area contributed by atoms with Crippen LogP contribution in [0.3, 0.4) is 0 Å². The molecule has 0 unspecified atom stereocenters. The van der Waals surface area contributed by atoms with Gasteiger partial charge in [0.25, 0.3) is 0 Å². The molecular formula is C39H28BrN3. The van der Waals surface area contributed by atoms with Gasteiger partial charge >= 0.3 is 0 Å². The molecule has 0 atom stereocenters. The summed E-state index contributed by atoms with van der Waals surface area (Å²) in [5.74, 6) is 0.703. The lowest BCUT2D eigenvalue weighted by Crippen LogP contribution is -2.11. The second-order valence-electron chi connectivity index (χ2n) is 10.5. The molecule has 7 rings (SSSR count). The Kier molecular flexibility index (Phi) is 7.51. The molecule has 206 valence electrons. The van der Waals surface area contributed by atoms with Crippen molar-refractivity contribution >= 4 is 21.5 Å². The highest BCUT2D eigenvalue weighted by atomic mass is 79.9. The number of hydrogen-bond acceptors (Lipinski definition) is 3. The van der Waals surface area contributed by atoms with E-state index in [0.717, 1.165) is 50.2 Å². The minimum Gasteiger partial charge on any atom is -0.387 e. The van der Waals surface area contributed by atoms with Gasteiger partial charge in [-0.25, -0.2) is 9.97 Å². The normalized spacial score (nSPS) is 12.4. The second-order valence-corrected chi connectivity index (χ2v) is 11.4. The summed E-state index contributed by atoms with van der Waals surface area (Å²) in [6.45, 7) is 0.839. The zero-order chi connectivity index (χ0) is 29.0. The summed E-state index contributed by atoms with van der Waals surface area (Å²) in [5, 5.41) is 3.29. The molecule has 1 N–H and O–H groups in total. The predicted octanol–water partition coefficient (Wildman–Crippen LogP) is 10.1. The van der Waals surface area contributed by atoms with Crippen molar-refractivity contribution in [2.75, 3.05) is 6.54 Å². The Bertz CT molecular complexity index is 1940. The molecule has 0 radical (unpaired) electrons. The van der Waals surface area contributed by atoms with Gasteiger partial charge in [0, 0.05) is 27.7 Å². The molecule has 0 spiro atoms. The van der Waals surface area contributed by atoms with Gasteiger partial charge in [-0.15, -0.1) is 0 Å². The van der Waals surface area contributed by atoms with E-state index in [1.165, 1.54) is 22.3 Å². The first-order valence-corrected chi connectivity index (χ1v) is 15.1. The first-order valence-electron chi connectivity index (χ1n) is 14.3. The third-order valence-electron chi connectivity index (χ3n) is 7.63. The maximum atomic E-state index is 5.06. The van der Waals surface area contributed by atoms with Crippen molar-refractivity contribution < 1.29 is 0 Å². The van der Waals surface area contributed by atoms with Crippen LogP contribution in [0, 0.1) is 0 Å². The molecule has 3 nitrogen and oxygen atoms in total. The van der Waals surface area contributed by atoms with Gasteiger partial charge in [0.05, 0.1) is 11.4 Å². The van der Waals surface area contributed by atoms with Crippen LogP contribution >= 0.6 is 15.9 Å². The van der Waals surface area contributed by atoms with Gasteiger partial charge in [0.2, 0.25) is 0 Å². The fourth-order valence-corrected chi connectivity index (χ4v) is 5.86. The molecule has 0 aliphatic carbocycles. The molecule has 4 heteroatoms. The van der Waals surface area contributed by atoms with E-state index in [0.29, 0.717) is 5.82 Å². The molecule has 2 heterocycles. The first-order chi connectivity index (χ1) is 21.2. The van der Waals surface area contributed by atoms with Crippen molar-refractivity contribution in [3.8, 4) is 56.2 Å². The van der Waals surface area contributed by atoms with Gasteiger partial charge in [-0.1, -0.05) is 131 Å². The van der Waals surface area contributed by atoms with Crippen LogP contribution in [0.25, 0.3) is 61.7 Å². The van der Waals surface area contributed by atoms with E-state index < -0.39 is 0 Å². The predicted molar refractivity (Wildman–Crippen MR) is 182 cm³/mol. The average Bonchev–Trinajstić information content (AvgIpc) is 3.09. The Morgan fingerprint density at radius 3 is 1.67 bits per heavy atom. The maximum Gasteiger partial charge on any atom is 0.160 e. The first kappa shape index (κ1) is 26.8. The molecule has 0 amide bonds. The summed E-state index contributed by atoms with van der Waals surface area (Å²) in [7, 11) is 0. The van der Waals surface area contributed by atoms with Gasteiger partial charge in [-0.3, -0.25) is 0 Å². The van der Waals surface area contributed by atoms with Crippen LogP contribution in [0.2, 0.25) is 0 Å². The summed E-state index contributed by atoms with van der Waals surface area (Å²) in [6, 6.07) is 46.6. The highest BCUT2D eigenvalue weighted by Crippen LogP contribution is 2.34. The largest absolute Gasteiger partial charge is 0.387 e. The van der Waals surface area contributed by atoms with Crippen LogP contribution in [0.1, 0.15) is 5.56 Å². The Hall–Kier alpha value is -5.06. The van der Waals surface area contributed by atoms with E-state index in [1.807, 2.05) is 36.5 Å². The summed E-state index contributed by atoms with van der Waals surface area (Å²) in [4.78, 5) is 10.1. The van der Waals surface area contributed by atoms with Gasteiger partial charge in [0.15, 0.2) is 5.82 Å². The molecule has 0 saturated heterocycles. The van der Waals surface area contributed by atoms with E-state index in [-0.39, 0.29) is 0 Å². The van der Waals surface area contributed by atoms with E-state index >= 15 is 0 Å². The number of nitrogens with zero attached hydrogens (tertiary/aromatic N) is 2. The topological polar surface area (TPSA) is 37.8 Å². The van der Waals surface area contributed by atoms with E-state index in [2.05, 4.69) is 137 Å². The van der Waals surface area contributed by atoms with Crippen LogP contribution < -0.4 is 5.32 Å². The van der Waals surface area contributed by atoms with Crippen LogP contribution in [0.4, 0.5) is 0 Å². The lowest BCUT2D eigenvalue weighted by molar-refractivity contribution is 0.986. The Balaban J connectivity index is 1.28. The Labute approximate surface area is 260 Å². The van der Waals surface area contributed by atoms with Crippen LogP contribution in [0.15, 0.2) is 156 Å². The number of nitrogens with one attached hydrogen (secondary N) is 1. The molecule has 0 saturated carbocycles. The van der Waals surface area contributed by atoms with Gasteiger partial charge in [-0.2, -0.15) is 0 Å². The number of hydrogen-bond donors (Lipinski definition) is 1. The summed E-state index contributed by atoms with van der Waals surface area (Å²) in [6.07, 6.45) is 6.18. The van der Waals surface area contributed by atoms with Gasteiger partial charge in [0.1, 0.15) is 0 Å². The number of aromatic nitrogens is 2. The molecule has 1 aliphatic heterocycles. The zero-order valence-electron chi connectivity index (χ0n) is 23.4. The van der Waals surface area contributed by atoms with Crippen molar-refractivity contribution in [3.05, 3.63) is 162 Å². The summed E-state index contributed by atoms with van der Waals surface area (Å²) in [5.41, 5.74) is 12.0. The van der Waals surface area contributed by atoms with Crippen molar-refractivity contribution in [2.45, 2.75) is 0 Å². The number of rotatable bonds is 6. The molecule has 0 bridgehead atoms. The van der Waals surface area contributed by atoms with Crippen LogP contribution in [0.5, 0.6) is 0 Å². The van der Waals surface area contributed by atoms with Crippen molar-refractivity contribution in [1.82, 2.24) is 15.3 Å². The molecule has 43 heavy (non-hydrogen) atoms. The third-order valence-corrected chi connectivity index (χ3v) is 8.09. The van der Waals surface area contributed by atoms with E-state index in [9.17, 15) is 0 Å². The van der Waals surface area contributed by atoms with Crippen molar-refractivity contribution in [3.63, 3.8) is 0 Å². The molecule has 0 fully saturated rings. The quantitative estimate of drug-likeness (QED) is 0.202. The average molecular weight is 619 g/mol. The number of halogens is 1. The summed E-state index contributed by atoms with van der Waals surface area (Å²) >= 11 is 3.77.